The van der Waals surface area contributed by atoms with Crippen LogP contribution < -0.4 is 0 Å². The maximum atomic E-state index is 9.80. The highest BCUT2D eigenvalue weighted by Gasteiger charge is 2.10. The van der Waals surface area contributed by atoms with Crippen LogP contribution in [0.3, 0.4) is 0 Å². The standard InChI is InChI=1S/C15H14N2OS/c1-9-4-5-12(14(18)6-9)8-17-15-13(7-16)10(2)11(3)19-15/h4-6,8,18H,1-3H3. The Hall–Kier alpha value is -2.12. The second-order valence-corrected chi connectivity index (χ2v) is 5.60. The Labute approximate surface area is 116 Å². The molecule has 0 atom stereocenters. The molecule has 0 amide bonds. The number of benzene rings is 1. The minimum Gasteiger partial charge on any atom is -0.507 e. The molecular formula is C15H14N2OS. The summed E-state index contributed by atoms with van der Waals surface area (Å²) in [6.07, 6.45) is 1.60. The van der Waals surface area contributed by atoms with Crippen molar-refractivity contribution in [3.63, 3.8) is 0 Å². The number of aliphatic imine (C=N–C) groups is 1. The van der Waals surface area contributed by atoms with Crippen molar-refractivity contribution >= 4 is 22.6 Å². The molecule has 2 rings (SSSR count). The maximum Gasteiger partial charge on any atom is 0.134 e. The second-order valence-electron chi connectivity index (χ2n) is 4.40. The smallest absolute Gasteiger partial charge is 0.134 e. The molecule has 0 bridgehead atoms. The average Bonchev–Trinajstić information content (AvgIpc) is 2.63. The number of phenolic OH excluding ortho intramolecular Hbond substituents is 1. The Morgan fingerprint density at radius 2 is 2.05 bits per heavy atom. The van der Waals surface area contributed by atoms with E-state index in [2.05, 4.69) is 11.1 Å². The molecule has 2 aromatic rings. The number of hydrogen-bond acceptors (Lipinski definition) is 4. The highest BCUT2D eigenvalue weighted by atomic mass is 32.1. The van der Waals surface area contributed by atoms with Crippen LogP contribution in [0.2, 0.25) is 0 Å². The number of rotatable bonds is 2. The van der Waals surface area contributed by atoms with Crippen LogP contribution in [0, 0.1) is 32.1 Å². The molecule has 3 nitrogen and oxygen atoms in total. The number of nitrogens with zero attached hydrogens (tertiary/aromatic N) is 2. The van der Waals surface area contributed by atoms with Crippen molar-refractivity contribution in [2.75, 3.05) is 0 Å². The van der Waals surface area contributed by atoms with Crippen molar-refractivity contribution in [2.45, 2.75) is 20.8 Å². The lowest BCUT2D eigenvalue weighted by molar-refractivity contribution is 0.474. The Kier molecular flexibility index (Phi) is 3.68. The molecule has 1 heterocycles. The molecule has 0 saturated heterocycles. The van der Waals surface area contributed by atoms with Gasteiger partial charge in [-0.25, -0.2) is 4.99 Å². The van der Waals surface area contributed by atoms with Gasteiger partial charge in [-0.05, 0) is 44.0 Å². The summed E-state index contributed by atoms with van der Waals surface area (Å²) >= 11 is 1.49. The van der Waals surface area contributed by atoms with Gasteiger partial charge in [-0.3, -0.25) is 0 Å². The molecule has 0 saturated carbocycles. The number of thiophene rings is 1. The zero-order valence-corrected chi connectivity index (χ0v) is 11.9. The molecule has 0 aliphatic rings. The minimum atomic E-state index is 0.201. The summed E-state index contributed by atoms with van der Waals surface area (Å²) in [5, 5.41) is 19.6. The van der Waals surface area contributed by atoms with E-state index in [-0.39, 0.29) is 5.75 Å². The van der Waals surface area contributed by atoms with Crippen LogP contribution in [-0.4, -0.2) is 11.3 Å². The van der Waals surface area contributed by atoms with Gasteiger partial charge in [-0.1, -0.05) is 6.07 Å². The maximum absolute atomic E-state index is 9.80. The molecule has 1 aromatic carbocycles. The van der Waals surface area contributed by atoms with Crippen LogP contribution in [0.25, 0.3) is 0 Å². The van der Waals surface area contributed by atoms with Crippen molar-refractivity contribution < 1.29 is 5.11 Å². The summed E-state index contributed by atoms with van der Waals surface area (Å²) in [6.45, 7) is 5.82. The van der Waals surface area contributed by atoms with E-state index in [1.807, 2.05) is 32.9 Å². The lowest BCUT2D eigenvalue weighted by Crippen LogP contribution is -1.83. The number of hydrogen-bond donors (Lipinski definition) is 1. The van der Waals surface area contributed by atoms with Gasteiger partial charge >= 0.3 is 0 Å². The highest BCUT2D eigenvalue weighted by molar-refractivity contribution is 7.16. The molecule has 0 radical (unpaired) electrons. The van der Waals surface area contributed by atoms with Gasteiger partial charge in [0, 0.05) is 16.7 Å². The monoisotopic (exact) mass is 270 g/mol. The summed E-state index contributed by atoms with van der Waals surface area (Å²) in [5.41, 5.74) is 3.24. The fourth-order valence-corrected chi connectivity index (χ4v) is 2.67. The van der Waals surface area contributed by atoms with Crippen LogP contribution in [0.4, 0.5) is 5.00 Å². The quantitative estimate of drug-likeness (QED) is 0.838. The number of aromatic hydroxyl groups is 1. The molecule has 0 unspecified atom stereocenters. The van der Waals surface area contributed by atoms with Gasteiger partial charge in [-0.15, -0.1) is 11.3 Å². The molecule has 0 aliphatic heterocycles. The number of nitriles is 1. The van der Waals surface area contributed by atoms with Crippen LogP contribution in [-0.2, 0) is 0 Å². The Morgan fingerprint density at radius 3 is 2.68 bits per heavy atom. The molecule has 1 aromatic heterocycles. The van der Waals surface area contributed by atoms with Gasteiger partial charge in [0.1, 0.15) is 16.8 Å². The molecule has 19 heavy (non-hydrogen) atoms. The summed E-state index contributed by atoms with van der Waals surface area (Å²) in [6, 6.07) is 7.60. The van der Waals surface area contributed by atoms with E-state index >= 15 is 0 Å². The van der Waals surface area contributed by atoms with Crippen LogP contribution in [0.5, 0.6) is 5.75 Å². The van der Waals surface area contributed by atoms with E-state index in [1.165, 1.54) is 11.3 Å². The van der Waals surface area contributed by atoms with Crippen molar-refractivity contribution in [1.82, 2.24) is 0 Å². The summed E-state index contributed by atoms with van der Waals surface area (Å²) in [7, 11) is 0. The molecule has 0 fully saturated rings. The first kappa shape index (κ1) is 13.3. The molecule has 96 valence electrons. The lowest BCUT2D eigenvalue weighted by Gasteiger charge is -1.99. The number of phenols is 1. The van der Waals surface area contributed by atoms with E-state index in [4.69, 9.17) is 5.26 Å². The van der Waals surface area contributed by atoms with Gasteiger partial charge < -0.3 is 5.11 Å². The van der Waals surface area contributed by atoms with Crippen LogP contribution in [0.1, 0.15) is 27.1 Å². The summed E-state index contributed by atoms with van der Waals surface area (Å²) in [5.74, 6) is 0.201. The fraction of sp³-hybridized carbons (Fsp3) is 0.200. The molecule has 4 heteroatoms. The molecular weight excluding hydrogens is 256 g/mol. The lowest BCUT2D eigenvalue weighted by atomic mass is 10.1. The van der Waals surface area contributed by atoms with Gasteiger partial charge in [0.15, 0.2) is 0 Å². The van der Waals surface area contributed by atoms with Gasteiger partial charge in [0.25, 0.3) is 0 Å². The van der Waals surface area contributed by atoms with Crippen molar-refractivity contribution in [2.24, 2.45) is 4.99 Å². The van der Waals surface area contributed by atoms with E-state index in [0.29, 0.717) is 16.1 Å². The Morgan fingerprint density at radius 1 is 1.32 bits per heavy atom. The SMILES string of the molecule is Cc1ccc(C=Nc2sc(C)c(C)c2C#N)c(O)c1. The van der Waals surface area contributed by atoms with E-state index < -0.39 is 0 Å². The summed E-state index contributed by atoms with van der Waals surface area (Å²) < 4.78 is 0. The minimum absolute atomic E-state index is 0.201. The van der Waals surface area contributed by atoms with Gasteiger partial charge in [0.2, 0.25) is 0 Å². The van der Waals surface area contributed by atoms with E-state index in [9.17, 15) is 5.11 Å². The summed E-state index contributed by atoms with van der Waals surface area (Å²) in [4.78, 5) is 5.42. The Balaban J connectivity index is 2.38. The predicted octanol–water partition coefficient (Wildman–Crippen LogP) is 4.00. The third-order valence-corrected chi connectivity index (χ3v) is 4.10. The normalized spacial score (nSPS) is 10.8. The fourth-order valence-electron chi connectivity index (χ4n) is 1.72. The predicted molar refractivity (Wildman–Crippen MR) is 78.6 cm³/mol. The van der Waals surface area contributed by atoms with Crippen molar-refractivity contribution in [3.8, 4) is 11.8 Å². The van der Waals surface area contributed by atoms with Crippen molar-refractivity contribution in [1.29, 1.82) is 5.26 Å². The first-order chi connectivity index (χ1) is 9.02. The molecule has 0 spiro atoms. The zero-order chi connectivity index (χ0) is 14.0. The van der Waals surface area contributed by atoms with E-state index in [0.717, 1.165) is 16.0 Å². The molecule has 0 aliphatic carbocycles. The molecule has 1 N–H and O–H groups in total. The first-order valence-electron chi connectivity index (χ1n) is 5.86. The third-order valence-electron chi connectivity index (χ3n) is 2.99. The zero-order valence-electron chi connectivity index (χ0n) is 11.1. The van der Waals surface area contributed by atoms with Crippen LogP contribution >= 0.6 is 11.3 Å². The van der Waals surface area contributed by atoms with Gasteiger partial charge in [-0.2, -0.15) is 5.26 Å². The van der Waals surface area contributed by atoms with E-state index in [1.54, 1.807) is 12.3 Å². The van der Waals surface area contributed by atoms with Crippen LogP contribution in [0.15, 0.2) is 23.2 Å². The number of aryl methyl sites for hydroxylation is 2. The van der Waals surface area contributed by atoms with Gasteiger partial charge in [0.05, 0.1) is 5.56 Å². The first-order valence-corrected chi connectivity index (χ1v) is 6.68. The van der Waals surface area contributed by atoms with Crippen molar-refractivity contribution in [3.05, 3.63) is 45.3 Å². The second kappa shape index (κ2) is 5.25. The topological polar surface area (TPSA) is 56.4 Å². The largest absolute Gasteiger partial charge is 0.507 e. The average molecular weight is 270 g/mol. The Bertz CT molecular complexity index is 693. The third kappa shape index (κ3) is 2.67. The highest BCUT2D eigenvalue weighted by Crippen LogP contribution is 2.34.